The Bertz CT molecular complexity index is 496. The van der Waals surface area contributed by atoms with Crippen molar-refractivity contribution in [2.45, 2.75) is 19.9 Å². The molecule has 1 heterocycles. The van der Waals surface area contributed by atoms with E-state index in [1.807, 2.05) is 19.2 Å². The SMILES string of the molecule is CCCOc1cccc(-c2nc(CNC)cs2)c1. The minimum Gasteiger partial charge on any atom is -0.494 e. The topological polar surface area (TPSA) is 34.1 Å². The third-order valence-electron chi connectivity index (χ3n) is 2.46. The number of nitrogens with one attached hydrogen (secondary N) is 1. The summed E-state index contributed by atoms with van der Waals surface area (Å²) in [6, 6.07) is 8.12. The normalized spacial score (nSPS) is 10.6. The molecular formula is C14H18N2OS. The Balaban J connectivity index is 2.15. The molecule has 0 aliphatic heterocycles. The van der Waals surface area contributed by atoms with Gasteiger partial charge < -0.3 is 10.1 Å². The minimum absolute atomic E-state index is 0.756. The summed E-state index contributed by atoms with van der Waals surface area (Å²) in [5, 5.41) is 6.24. The lowest BCUT2D eigenvalue weighted by Crippen LogP contribution is -2.04. The molecule has 0 spiro atoms. The maximum Gasteiger partial charge on any atom is 0.123 e. The van der Waals surface area contributed by atoms with Gasteiger partial charge in [-0.2, -0.15) is 0 Å². The fourth-order valence-corrected chi connectivity index (χ4v) is 2.46. The molecule has 0 aliphatic carbocycles. The van der Waals surface area contributed by atoms with E-state index in [9.17, 15) is 0 Å². The van der Waals surface area contributed by atoms with Gasteiger partial charge in [0.05, 0.1) is 12.3 Å². The second-order valence-electron chi connectivity index (χ2n) is 4.05. The van der Waals surface area contributed by atoms with Crippen LogP contribution in [0.1, 0.15) is 19.0 Å². The fourth-order valence-electron chi connectivity index (χ4n) is 1.64. The highest BCUT2D eigenvalue weighted by molar-refractivity contribution is 7.13. The Morgan fingerprint density at radius 1 is 1.39 bits per heavy atom. The van der Waals surface area contributed by atoms with Gasteiger partial charge in [-0.1, -0.05) is 19.1 Å². The first-order valence-electron chi connectivity index (χ1n) is 6.15. The van der Waals surface area contributed by atoms with E-state index in [0.29, 0.717) is 0 Å². The van der Waals surface area contributed by atoms with Crippen LogP contribution >= 0.6 is 11.3 Å². The number of ether oxygens (including phenoxy) is 1. The van der Waals surface area contributed by atoms with Crippen LogP contribution in [-0.2, 0) is 6.54 Å². The smallest absolute Gasteiger partial charge is 0.123 e. The zero-order valence-electron chi connectivity index (χ0n) is 10.8. The van der Waals surface area contributed by atoms with Gasteiger partial charge in [0.25, 0.3) is 0 Å². The predicted octanol–water partition coefficient (Wildman–Crippen LogP) is 3.32. The van der Waals surface area contributed by atoms with Crippen molar-refractivity contribution >= 4 is 11.3 Å². The summed E-state index contributed by atoms with van der Waals surface area (Å²) in [7, 11) is 1.93. The molecule has 0 saturated carbocycles. The molecule has 1 N–H and O–H groups in total. The van der Waals surface area contributed by atoms with Crippen molar-refractivity contribution < 1.29 is 4.74 Å². The zero-order valence-corrected chi connectivity index (χ0v) is 11.6. The van der Waals surface area contributed by atoms with Crippen LogP contribution in [0.2, 0.25) is 0 Å². The Hall–Kier alpha value is -1.39. The van der Waals surface area contributed by atoms with E-state index in [0.717, 1.165) is 41.6 Å². The Morgan fingerprint density at radius 3 is 3.06 bits per heavy atom. The van der Waals surface area contributed by atoms with E-state index >= 15 is 0 Å². The number of hydrogen-bond acceptors (Lipinski definition) is 4. The lowest BCUT2D eigenvalue weighted by Gasteiger charge is -2.05. The number of nitrogens with zero attached hydrogens (tertiary/aromatic N) is 1. The third-order valence-corrected chi connectivity index (χ3v) is 3.40. The first kappa shape index (κ1) is 13.1. The van der Waals surface area contributed by atoms with Gasteiger partial charge in [0.2, 0.25) is 0 Å². The van der Waals surface area contributed by atoms with Gasteiger partial charge in [0.15, 0.2) is 0 Å². The summed E-state index contributed by atoms with van der Waals surface area (Å²) < 4.78 is 5.64. The Kier molecular flexibility index (Phi) is 4.73. The van der Waals surface area contributed by atoms with Crippen molar-refractivity contribution in [2.75, 3.05) is 13.7 Å². The average Bonchev–Trinajstić information content (AvgIpc) is 2.86. The second kappa shape index (κ2) is 6.52. The lowest BCUT2D eigenvalue weighted by atomic mass is 10.2. The molecule has 3 nitrogen and oxygen atoms in total. The first-order valence-corrected chi connectivity index (χ1v) is 7.03. The van der Waals surface area contributed by atoms with E-state index < -0.39 is 0 Å². The van der Waals surface area contributed by atoms with Gasteiger partial charge in [-0.3, -0.25) is 0 Å². The van der Waals surface area contributed by atoms with E-state index in [2.05, 4.69) is 34.7 Å². The standard InChI is InChI=1S/C14H18N2OS/c1-3-7-17-13-6-4-5-11(8-13)14-16-12(9-15-2)10-18-14/h4-6,8,10,15H,3,7,9H2,1-2H3. The van der Waals surface area contributed by atoms with Gasteiger partial charge in [-0.05, 0) is 25.6 Å². The van der Waals surface area contributed by atoms with Crippen LogP contribution in [0.4, 0.5) is 0 Å². The molecule has 1 aromatic carbocycles. The Labute approximate surface area is 112 Å². The maximum absolute atomic E-state index is 5.64. The van der Waals surface area contributed by atoms with Crippen molar-refractivity contribution in [3.05, 3.63) is 35.3 Å². The third kappa shape index (κ3) is 3.31. The summed E-state index contributed by atoms with van der Waals surface area (Å²) in [6.07, 6.45) is 1.02. The molecule has 2 rings (SSSR count). The van der Waals surface area contributed by atoms with Crippen LogP contribution in [0.3, 0.4) is 0 Å². The highest BCUT2D eigenvalue weighted by Gasteiger charge is 2.05. The fraction of sp³-hybridized carbons (Fsp3) is 0.357. The van der Waals surface area contributed by atoms with Crippen molar-refractivity contribution in [3.8, 4) is 16.3 Å². The summed E-state index contributed by atoms with van der Waals surface area (Å²) in [4.78, 5) is 4.59. The predicted molar refractivity (Wildman–Crippen MR) is 76.1 cm³/mol. The number of aromatic nitrogens is 1. The summed E-state index contributed by atoms with van der Waals surface area (Å²) in [5.74, 6) is 0.916. The highest BCUT2D eigenvalue weighted by atomic mass is 32.1. The molecule has 2 aromatic rings. The van der Waals surface area contributed by atoms with Crippen LogP contribution in [0.15, 0.2) is 29.6 Å². The van der Waals surface area contributed by atoms with E-state index in [1.54, 1.807) is 11.3 Å². The van der Waals surface area contributed by atoms with Crippen molar-refractivity contribution in [1.29, 1.82) is 0 Å². The molecule has 0 saturated heterocycles. The molecule has 0 aliphatic rings. The first-order chi connectivity index (χ1) is 8.83. The lowest BCUT2D eigenvalue weighted by molar-refractivity contribution is 0.317. The number of rotatable bonds is 6. The molecule has 0 fully saturated rings. The van der Waals surface area contributed by atoms with E-state index in [-0.39, 0.29) is 0 Å². The van der Waals surface area contributed by atoms with Crippen LogP contribution < -0.4 is 10.1 Å². The monoisotopic (exact) mass is 262 g/mol. The molecule has 96 valence electrons. The van der Waals surface area contributed by atoms with Crippen LogP contribution in [0.25, 0.3) is 10.6 Å². The molecule has 0 amide bonds. The van der Waals surface area contributed by atoms with Crippen molar-refractivity contribution in [1.82, 2.24) is 10.3 Å². The molecule has 0 bridgehead atoms. The average molecular weight is 262 g/mol. The zero-order chi connectivity index (χ0) is 12.8. The molecular weight excluding hydrogens is 244 g/mol. The molecule has 1 aromatic heterocycles. The van der Waals surface area contributed by atoms with E-state index in [1.165, 1.54) is 0 Å². The van der Waals surface area contributed by atoms with Crippen LogP contribution in [0, 0.1) is 0 Å². The minimum atomic E-state index is 0.756. The van der Waals surface area contributed by atoms with Crippen molar-refractivity contribution in [2.24, 2.45) is 0 Å². The molecule has 18 heavy (non-hydrogen) atoms. The largest absolute Gasteiger partial charge is 0.494 e. The van der Waals surface area contributed by atoms with Crippen LogP contribution in [-0.4, -0.2) is 18.6 Å². The quantitative estimate of drug-likeness (QED) is 0.867. The maximum atomic E-state index is 5.64. The van der Waals surface area contributed by atoms with Crippen molar-refractivity contribution in [3.63, 3.8) is 0 Å². The summed E-state index contributed by atoms with van der Waals surface area (Å²) >= 11 is 1.67. The number of thiazole rings is 1. The molecule has 0 radical (unpaired) electrons. The molecule has 0 unspecified atom stereocenters. The van der Waals surface area contributed by atoms with Gasteiger partial charge in [-0.15, -0.1) is 11.3 Å². The summed E-state index contributed by atoms with van der Waals surface area (Å²) in [6.45, 7) is 3.67. The number of hydrogen-bond donors (Lipinski definition) is 1. The van der Waals surface area contributed by atoms with E-state index in [4.69, 9.17) is 4.74 Å². The molecule has 0 atom stereocenters. The number of benzene rings is 1. The summed E-state index contributed by atoms with van der Waals surface area (Å²) in [5.41, 5.74) is 2.20. The highest BCUT2D eigenvalue weighted by Crippen LogP contribution is 2.26. The Morgan fingerprint density at radius 2 is 2.28 bits per heavy atom. The molecule has 4 heteroatoms. The van der Waals surface area contributed by atoms with Gasteiger partial charge in [0, 0.05) is 17.5 Å². The van der Waals surface area contributed by atoms with Gasteiger partial charge in [0.1, 0.15) is 10.8 Å². The second-order valence-corrected chi connectivity index (χ2v) is 4.91. The van der Waals surface area contributed by atoms with Crippen LogP contribution in [0.5, 0.6) is 5.75 Å². The van der Waals surface area contributed by atoms with Gasteiger partial charge >= 0.3 is 0 Å². The van der Waals surface area contributed by atoms with Gasteiger partial charge in [-0.25, -0.2) is 4.98 Å².